The molecule has 176 valence electrons. The molecule has 0 atom stereocenters. The van der Waals surface area contributed by atoms with Gasteiger partial charge in [-0.15, -0.1) is 13.2 Å². The Bertz CT molecular complexity index is 1160. The van der Waals surface area contributed by atoms with Crippen molar-refractivity contribution in [1.82, 2.24) is 0 Å². The first-order chi connectivity index (χ1) is 15.2. The molecule has 0 aliphatic heterocycles. The van der Waals surface area contributed by atoms with Gasteiger partial charge in [-0.3, -0.25) is 0 Å². The highest BCUT2D eigenvalue weighted by Gasteiger charge is 2.41. The minimum Gasteiger partial charge on any atom is -0.429 e. The highest BCUT2D eigenvalue weighted by atomic mass is 19.4. The normalized spacial score (nSPS) is 12.1. The average molecular weight is 488 g/mol. The highest BCUT2D eigenvalue weighted by molar-refractivity contribution is 5.67. The molecule has 0 fully saturated rings. The maximum absolute atomic E-state index is 14.4. The van der Waals surface area contributed by atoms with Crippen LogP contribution in [-0.4, -0.2) is 6.36 Å². The Kier molecular flexibility index (Phi) is 6.18. The Morgan fingerprint density at radius 2 is 1.12 bits per heavy atom. The fourth-order valence-corrected chi connectivity index (χ4v) is 2.77. The van der Waals surface area contributed by atoms with E-state index in [1.54, 1.807) is 0 Å². The summed E-state index contributed by atoms with van der Waals surface area (Å²) in [5, 5.41) is 0. The number of halogens is 11. The van der Waals surface area contributed by atoms with Crippen molar-refractivity contribution in [3.05, 3.63) is 82.9 Å². The van der Waals surface area contributed by atoms with E-state index in [-0.39, 0.29) is 24.3 Å². The number of alkyl halides is 5. The molecule has 0 unspecified atom stereocenters. The van der Waals surface area contributed by atoms with Crippen molar-refractivity contribution < 1.29 is 57.8 Å². The van der Waals surface area contributed by atoms with Crippen molar-refractivity contribution in [2.24, 2.45) is 0 Å². The Morgan fingerprint density at radius 1 is 0.576 bits per heavy atom. The first-order valence-corrected chi connectivity index (χ1v) is 8.44. The first kappa shape index (κ1) is 24.1. The van der Waals surface area contributed by atoms with Crippen molar-refractivity contribution in [1.29, 1.82) is 0 Å². The second-order valence-corrected chi connectivity index (χ2v) is 6.32. The fraction of sp³-hybridized carbons (Fsp3) is 0.100. The topological polar surface area (TPSA) is 18.5 Å². The van der Waals surface area contributed by atoms with Gasteiger partial charge >= 0.3 is 12.5 Å². The Labute approximate surface area is 176 Å². The van der Waals surface area contributed by atoms with E-state index in [4.69, 9.17) is 0 Å². The lowest BCUT2D eigenvalue weighted by Crippen LogP contribution is -2.25. The van der Waals surface area contributed by atoms with Crippen LogP contribution in [0.15, 0.2) is 42.5 Å². The predicted octanol–water partition coefficient (Wildman–Crippen LogP) is 7.22. The molecule has 2 nitrogen and oxygen atoms in total. The summed E-state index contributed by atoms with van der Waals surface area (Å²) >= 11 is 0. The van der Waals surface area contributed by atoms with E-state index in [0.717, 1.165) is 0 Å². The van der Waals surface area contributed by atoms with Crippen LogP contribution in [-0.2, 0) is 6.11 Å². The lowest BCUT2D eigenvalue weighted by molar-refractivity contribution is -0.275. The maximum Gasteiger partial charge on any atom is 0.573 e. The number of hydrogen-bond acceptors (Lipinski definition) is 2. The third kappa shape index (κ3) is 5.29. The van der Waals surface area contributed by atoms with Crippen LogP contribution < -0.4 is 9.47 Å². The SMILES string of the molecule is Fc1cc(F)c(C(F)(F)Oc2cc(F)c(-c3ccc(OC(F)(F)F)c(F)c3)c(F)c2)c(F)c1. The monoisotopic (exact) mass is 488 g/mol. The van der Waals surface area contributed by atoms with Gasteiger partial charge < -0.3 is 9.47 Å². The van der Waals surface area contributed by atoms with Crippen LogP contribution in [0.25, 0.3) is 11.1 Å². The maximum atomic E-state index is 14.4. The lowest BCUT2D eigenvalue weighted by Gasteiger charge is -2.20. The number of ether oxygens (including phenoxy) is 2. The smallest absolute Gasteiger partial charge is 0.429 e. The van der Waals surface area contributed by atoms with Gasteiger partial charge in [0, 0.05) is 24.3 Å². The van der Waals surface area contributed by atoms with E-state index in [9.17, 15) is 48.3 Å². The van der Waals surface area contributed by atoms with Gasteiger partial charge in [0.2, 0.25) is 0 Å². The molecule has 0 radical (unpaired) electrons. The van der Waals surface area contributed by atoms with Gasteiger partial charge in [0.05, 0.1) is 5.56 Å². The number of rotatable bonds is 5. The van der Waals surface area contributed by atoms with Gasteiger partial charge in [-0.25, -0.2) is 26.3 Å². The second-order valence-electron chi connectivity index (χ2n) is 6.32. The van der Waals surface area contributed by atoms with E-state index in [1.165, 1.54) is 0 Å². The molecule has 0 heterocycles. The summed E-state index contributed by atoms with van der Waals surface area (Å²) in [5.41, 5.74) is -3.70. The van der Waals surface area contributed by atoms with Crippen molar-refractivity contribution in [3.63, 3.8) is 0 Å². The van der Waals surface area contributed by atoms with Crippen molar-refractivity contribution in [3.8, 4) is 22.6 Å². The summed E-state index contributed by atoms with van der Waals surface area (Å²) in [6.45, 7) is 0. The highest BCUT2D eigenvalue weighted by Crippen LogP contribution is 2.38. The summed E-state index contributed by atoms with van der Waals surface area (Å²) in [7, 11) is 0. The standard InChI is InChI=1S/C20H7F11O2/c21-9-4-14(25)18(15(26)5-9)19(27,28)32-10-6-12(23)17(13(24)7-10)8-1-2-16(11(22)3-8)33-20(29,30)31/h1-7H. The minimum absolute atomic E-state index is 0.0688. The Balaban J connectivity index is 1.95. The van der Waals surface area contributed by atoms with E-state index in [0.29, 0.717) is 18.2 Å². The van der Waals surface area contributed by atoms with Crippen LogP contribution in [0.2, 0.25) is 0 Å². The molecule has 0 aliphatic carbocycles. The third-order valence-corrected chi connectivity index (χ3v) is 4.01. The minimum atomic E-state index is -5.24. The first-order valence-electron chi connectivity index (χ1n) is 8.44. The largest absolute Gasteiger partial charge is 0.573 e. The molecule has 0 saturated heterocycles. The number of benzene rings is 3. The molecule has 0 saturated carbocycles. The van der Waals surface area contributed by atoms with Crippen LogP contribution in [0.4, 0.5) is 48.3 Å². The molecule has 0 bridgehead atoms. The summed E-state index contributed by atoms with van der Waals surface area (Å²) in [6.07, 6.45) is -10.1. The molecule has 3 rings (SSSR count). The zero-order chi connectivity index (χ0) is 24.7. The summed E-state index contributed by atoms with van der Waals surface area (Å²) in [5.74, 6) is -13.1. The quantitative estimate of drug-likeness (QED) is 0.354. The van der Waals surface area contributed by atoms with Gasteiger partial charge in [0.25, 0.3) is 0 Å². The molecule has 0 aliphatic rings. The molecule has 0 aromatic heterocycles. The van der Waals surface area contributed by atoms with Gasteiger partial charge in [0.1, 0.15) is 40.4 Å². The van der Waals surface area contributed by atoms with Gasteiger partial charge in [-0.1, -0.05) is 6.07 Å². The lowest BCUT2D eigenvalue weighted by atomic mass is 10.0. The summed E-state index contributed by atoms with van der Waals surface area (Å²) < 4.78 is 155. The van der Waals surface area contributed by atoms with Crippen LogP contribution in [0.3, 0.4) is 0 Å². The molecule has 13 heteroatoms. The zero-order valence-electron chi connectivity index (χ0n) is 15.5. The van der Waals surface area contributed by atoms with Crippen LogP contribution in [0.5, 0.6) is 11.5 Å². The van der Waals surface area contributed by atoms with Crippen molar-refractivity contribution in [2.45, 2.75) is 12.5 Å². The van der Waals surface area contributed by atoms with Crippen LogP contribution in [0.1, 0.15) is 5.56 Å². The fourth-order valence-electron chi connectivity index (χ4n) is 2.77. The van der Waals surface area contributed by atoms with Crippen LogP contribution in [0, 0.1) is 34.9 Å². The summed E-state index contributed by atoms with van der Waals surface area (Å²) in [4.78, 5) is 0. The van der Waals surface area contributed by atoms with Gasteiger partial charge in [-0.2, -0.15) is 8.78 Å². The molecule has 33 heavy (non-hydrogen) atoms. The van der Waals surface area contributed by atoms with Crippen LogP contribution >= 0.6 is 0 Å². The third-order valence-electron chi connectivity index (χ3n) is 4.01. The Hall–Kier alpha value is -3.51. The zero-order valence-corrected chi connectivity index (χ0v) is 15.5. The molecule has 3 aromatic carbocycles. The molecular formula is C20H7F11O2. The van der Waals surface area contributed by atoms with Crippen molar-refractivity contribution >= 4 is 0 Å². The van der Waals surface area contributed by atoms with E-state index in [1.807, 2.05) is 0 Å². The molecule has 0 spiro atoms. The van der Waals surface area contributed by atoms with E-state index < -0.39 is 75.6 Å². The second kappa shape index (κ2) is 8.45. The van der Waals surface area contributed by atoms with Gasteiger partial charge in [0.15, 0.2) is 11.6 Å². The van der Waals surface area contributed by atoms with E-state index >= 15 is 0 Å². The average Bonchev–Trinajstić information content (AvgIpc) is 2.60. The molecule has 0 amide bonds. The molecule has 3 aromatic rings. The molecular weight excluding hydrogens is 481 g/mol. The number of hydrogen-bond donors (Lipinski definition) is 0. The van der Waals surface area contributed by atoms with Crippen molar-refractivity contribution in [2.75, 3.05) is 0 Å². The van der Waals surface area contributed by atoms with E-state index in [2.05, 4.69) is 9.47 Å². The predicted molar refractivity (Wildman–Crippen MR) is 89.3 cm³/mol. The van der Waals surface area contributed by atoms with Gasteiger partial charge in [-0.05, 0) is 17.7 Å². The molecule has 0 N–H and O–H groups in total. The Morgan fingerprint density at radius 3 is 1.61 bits per heavy atom. The summed E-state index contributed by atoms with van der Waals surface area (Å²) in [6, 6.07) is 1.55.